The number of aliphatic hydroxyl groups is 1. The molecule has 1 heterocycles. The molecule has 0 unspecified atom stereocenters. The molecule has 4 aromatic carbocycles. The first-order chi connectivity index (χ1) is 23.8. The molecule has 0 aliphatic carbocycles. The van der Waals surface area contributed by atoms with E-state index < -0.39 is 12.3 Å². The van der Waals surface area contributed by atoms with Crippen molar-refractivity contribution in [2.75, 3.05) is 13.6 Å². The first-order valence-electron chi connectivity index (χ1n) is 17.2. The van der Waals surface area contributed by atoms with E-state index in [0.717, 1.165) is 46.3 Å². The Morgan fingerprint density at radius 1 is 0.816 bits per heavy atom. The highest BCUT2D eigenvalue weighted by Gasteiger charge is 2.33. The summed E-state index contributed by atoms with van der Waals surface area (Å²) in [6, 6.07) is 35.1. The summed E-state index contributed by atoms with van der Waals surface area (Å²) in [7, 11) is 2.13. The van der Waals surface area contributed by atoms with Gasteiger partial charge >= 0.3 is 5.97 Å². The number of nitrogens with one attached hydrogen (secondary N) is 1. The number of benzene rings is 4. The minimum absolute atomic E-state index is 0.00111. The number of hydrogen-bond acceptors (Lipinski definition) is 6. The molecule has 4 aromatic rings. The fourth-order valence-electron chi connectivity index (χ4n) is 6.25. The normalized spacial score (nSPS) is 18.2. The van der Waals surface area contributed by atoms with Crippen LogP contribution in [0.25, 0.3) is 11.1 Å². The van der Waals surface area contributed by atoms with Crippen molar-refractivity contribution in [1.29, 1.82) is 0 Å². The molecule has 1 aliphatic rings. The van der Waals surface area contributed by atoms with Gasteiger partial charge in [-0.15, -0.1) is 0 Å². The highest BCUT2D eigenvalue weighted by molar-refractivity contribution is 5.76. The number of amides is 1. The molecule has 1 saturated heterocycles. The van der Waals surface area contributed by atoms with Gasteiger partial charge in [-0.05, 0) is 72.3 Å². The van der Waals surface area contributed by atoms with Crippen LogP contribution in [0.5, 0.6) is 0 Å². The summed E-state index contributed by atoms with van der Waals surface area (Å²) in [5, 5.41) is 21.3. The van der Waals surface area contributed by atoms with Gasteiger partial charge in [-0.1, -0.05) is 97.4 Å². The number of unbranched alkanes of at least 4 members (excludes halogenated alkanes) is 2. The summed E-state index contributed by atoms with van der Waals surface area (Å²) < 4.78 is 13.3. The molecule has 8 nitrogen and oxygen atoms in total. The smallest absolute Gasteiger partial charge is 0.303 e. The van der Waals surface area contributed by atoms with Crippen LogP contribution in [0, 0.1) is 0 Å². The predicted octanol–water partition coefficient (Wildman–Crippen LogP) is 7.74. The minimum atomic E-state index is -0.802. The van der Waals surface area contributed by atoms with Crippen LogP contribution in [0.15, 0.2) is 103 Å². The van der Waals surface area contributed by atoms with Crippen molar-refractivity contribution >= 4 is 11.9 Å². The van der Waals surface area contributed by atoms with E-state index in [1.807, 2.05) is 54.6 Å². The molecule has 49 heavy (non-hydrogen) atoms. The fraction of sp³-hybridized carbons (Fsp3) is 0.366. The molecule has 258 valence electrons. The van der Waals surface area contributed by atoms with Gasteiger partial charge in [0.2, 0.25) is 5.91 Å². The van der Waals surface area contributed by atoms with Crippen LogP contribution in [0.3, 0.4) is 0 Å². The molecule has 0 aromatic heterocycles. The quantitative estimate of drug-likeness (QED) is 0.105. The van der Waals surface area contributed by atoms with Crippen LogP contribution in [-0.4, -0.2) is 46.7 Å². The monoisotopic (exact) mass is 664 g/mol. The number of ether oxygens (including phenoxy) is 2. The molecule has 1 aliphatic heterocycles. The zero-order valence-corrected chi connectivity index (χ0v) is 28.5. The maximum atomic E-state index is 12.4. The Balaban J connectivity index is 1.28. The van der Waals surface area contributed by atoms with Crippen molar-refractivity contribution < 1.29 is 29.3 Å². The summed E-state index contributed by atoms with van der Waals surface area (Å²) >= 11 is 0. The number of hydrogen-bond donors (Lipinski definition) is 3. The van der Waals surface area contributed by atoms with Crippen LogP contribution < -0.4 is 5.32 Å². The fourth-order valence-corrected chi connectivity index (χ4v) is 6.25. The number of carbonyl (C=O) groups is 2. The highest BCUT2D eigenvalue weighted by atomic mass is 16.7. The first kappa shape index (κ1) is 36.0. The Morgan fingerprint density at radius 2 is 1.53 bits per heavy atom. The van der Waals surface area contributed by atoms with Crippen molar-refractivity contribution in [2.24, 2.45) is 0 Å². The van der Waals surface area contributed by atoms with Gasteiger partial charge in [0.1, 0.15) is 0 Å². The average molecular weight is 665 g/mol. The lowest BCUT2D eigenvalue weighted by Crippen LogP contribution is -2.38. The van der Waals surface area contributed by atoms with E-state index in [0.29, 0.717) is 32.2 Å². The Bertz CT molecular complexity index is 1640. The van der Waals surface area contributed by atoms with E-state index >= 15 is 0 Å². The summed E-state index contributed by atoms with van der Waals surface area (Å²) in [6.45, 7) is 3.37. The van der Waals surface area contributed by atoms with Crippen molar-refractivity contribution in [1.82, 2.24) is 10.2 Å². The Hall–Kier alpha value is -4.34. The van der Waals surface area contributed by atoms with Gasteiger partial charge in [0.05, 0.1) is 18.8 Å². The van der Waals surface area contributed by atoms with E-state index in [1.54, 1.807) is 0 Å². The van der Waals surface area contributed by atoms with Crippen molar-refractivity contribution in [3.8, 4) is 11.1 Å². The number of likely N-dealkylation sites (N-methyl/N-ethyl adjacent to an activating group) is 1. The number of rotatable bonds is 16. The number of carboxylic acids is 1. The molecule has 4 atom stereocenters. The van der Waals surface area contributed by atoms with E-state index in [4.69, 9.17) is 14.6 Å². The van der Waals surface area contributed by atoms with Gasteiger partial charge in [-0.25, -0.2) is 0 Å². The molecule has 0 bridgehead atoms. The van der Waals surface area contributed by atoms with Gasteiger partial charge in [0, 0.05) is 44.0 Å². The molecular weight excluding hydrogens is 616 g/mol. The highest BCUT2D eigenvalue weighted by Crippen LogP contribution is 2.39. The number of carbonyl (C=O) groups excluding carboxylic acids is 1. The lowest BCUT2D eigenvalue weighted by atomic mass is 9.98. The maximum Gasteiger partial charge on any atom is 0.303 e. The number of nitrogens with zero attached hydrogens (tertiary/aromatic N) is 1. The van der Waals surface area contributed by atoms with Gasteiger partial charge in [-0.2, -0.15) is 0 Å². The Kier molecular flexibility index (Phi) is 13.1. The van der Waals surface area contributed by atoms with Crippen LogP contribution in [0.4, 0.5) is 0 Å². The van der Waals surface area contributed by atoms with Crippen LogP contribution in [0.1, 0.15) is 91.7 Å². The van der Waals surface area contributed by atoms with Crippen LogP contribution in [0.2, 0.25) is 0 Å². The Morgan fingerprint density at radius 3 is 2.27 bits per heavy atom. The molecule has 0 radical (unpaired) electrons. The topological polar surface area (TPSA) is 108 Å². The minimum Gasteiger partial charge on any atom is -0.481 e. The second-order valence-electron chi connectivity index (χ2n) is 12.9. The molecular formula is C41H48N2O6. The van der Waals surface area contributed by atoms with Crippen LogP contribution in [-0.2, 0) is 32.2 Å². The third-order valence-corrected chi connectivity index (χ3v) is 9.25. The van der Waals surface area contributed by atoms with Gasteiger partial charge in [0.25, 0.3) is 0 Å². The van der Waals surface area contributed by atoms with E-state index in [9.17, 15) is 14.7 Å². The van der Waals surface area contributed by atoms with E-state index in [1.165, 1.54) is 5.56 Å². The molecule has 0 saturated carbocycles. The van der Waals surface area contributed by atoms with E-state index in [-0.39, 0.29) is 37.2 Å². The second-order valence-corrected chi connectivity index (χ2v) is 12.9. The van der Waals surface area contributed by atoms with Crippen molar-refractivity contribution in [3.63, 3.8) is 0 Å². The SMILES string of the molecule is C[C@@H](c1ccccc1)N(C)C[C@@H]1C[C@H](c2ccc(CO)cc2)O[C@H](c2cccc(-c3cccc(CNC(=O)CCCCCC(=O)O)c3)c2)O1. The molecule has 1 amide bonds. The zero-order chi connectivity index (χ0) is 34.6. The third kappa shape index (κ3) is 10.6. The summed E-state index contributed by atoms with van der Waals surface area (Å²) in [5.41, 5.74) is 7.16. The van der Waals surface area contributed by atoms with Gasteiger partial charge in [-0.3, -0.25) is 14.5 Å². The average Bonchev–Trinajstić information content (AvgIpc) is 3.13. The molecule has 0 spiro atoms. The van der Waals surface area contributed by atoms with Gasteiger partial charge < -0.3 is 25.0 Å². The second kappa shape index (κ2) is 17.9. The summed E-state index contributed by atoms with van der Waals surface area (Å²) in [4.78, 5) is 25.4. The van der Waals surface area contributed by atoms with Crippen molar-refractivity contribution in [2.45, 2.75) is 83.1 Å². The number of aliphatic hydroxyl groups excluding tert-OH is 1. The zero-order valence-electron chi connectivity index (χ0n) is 28.5. The number of aliphatic carboxylic acids is 1. The van der Waals surface area contributed by atoms with Crippen LogP contribution >= 0.6 is 0 Å². The summed E-state index contributed by atoms with van der Waals surface area (Å²) in [5.74, 6) is -0.836. The van der Waals surface area contributed by atoms with E-state index in [2.05, 4.69) is 72.7 Å². The predicted molar refractivity (Wildman–Crippen MR) is 190 cm³/mol. The third-order valence-electron chi connectivity index (χ3n) is 9.25. The molecule has 1 fully saturated rings. The lowest BCUT2D eigenvalue weighted by Gasteiger charge is -2.39. The van der Waals surface area contributed by atoms with Gasteiger partial charge in [0.15, 0.2) is 6.29 Å². The molecule has 8 heteroatoms. The largest absolute Gasteiger partial charge is 0.481 e. The molecule has 5 rings (SSSR count). The lowest BCUT2D eigenvalue weighted by molar-refractivity contribution is -0.253. The summed E-state index contributed by atoms with van der Waals surface area (Å²) in [6.07, 6.45) is 2.39. The standard InChI is InChI=1S/C41H48N2O6/c1-29(32-12-5-3-6-13-32)43(2)27-37-25-38(33-21-19-30(28-44)20-22-33)49-41(48-37)36-16-10-15-35(24-36)34-14-9-11-31(23-34)26-42-39(45)17-7-4-8-18-40(46)47/h3,5-6,9-16,19-24,29,37-38,41,44H,4,7-8,17-18,25-28H2,1-2H3,(H,42,45)(H,46,47)/t29-,37-,38+,41+/m0/s1. The first-order valence-corrected chi connectivity index (χ1v) is 17.2. The maximum absolute atomic E-state index is 12.4. The molecule has 3 N–H and O–H groups in total. The Labute approximate surface area is 289 Å². The van der Waals surface area contributed by atoms with Crippen molar-refractivity contribution in [3.05, 3.63) is 131 Å². The number of carboxylic acid groups (broad SMARTS) is 1.